The van der Waals surface area contributed by atoms with Crippen LogP contribution in [0.1, 0.15) is 44.9 Å². The molecule has 1 heterocycles. The molecule has 2 aromatic rings. The first-order valence-electron chi connectivity index (χ1n) is 7.92. The summed E-state index contributed by atoms with van der Waals surface area (Å²) in [6.45, 7) is 6.06. The van der Waals surface area contributed by atoms with Crippen molar-refractivity contribution in [2.45, 2.75) is 56.1 Å². The number of fused-ring (bicyclic) bond motifs is 3. The van der Waals surface area contributed by atoms with E-state index in [-0.39, 0.29) is 5.97 Å². The van der Waals surface area contributed by atoms with Crippen LogP contribution in [-0.4, -0.2) is 17.3 Å². The Balaban J connectivity index is 1.90. The first kappa shape index (κ1) is 15.5. The first-order valence-corrected chi connectivity index (χ1v) is 8.73. The van der Waals surface area contributed by atoms with E-state index in [9.17, 15) is 4.79 Å². The van der Waals surface area contributed by atoms with Gasteiger partial charge in [-0.25, -0.2) is 0 Å². The average molecular weight is 318 g/mol. The second kappa shape index (κ2) is 5.99. The van der Waals surface area contributed by atoms with Crippen LogP contribution in [0.5, 0.6) is 0 Å². The average Bonchev–Trinajstić information content (AvgIpc) is 2.85. The third kappa shape index (κ3) is 2.89. The summed E-state index contributed by atoms with van der Waals surface area (Å²) >= 11 is 1.55. The van der Waals surface area contributed by atoms with Crippen molar-refractivity contribution in [2.24, 2.45) is 0 Å². The van der Waals surface area contributed by atoms with Gasteiger partial charge in [0.15, 0.2) is 0 Å². The predicted molar refractivity (Wildman–Crippen MR) is 89.4 cm³/mol. The van der Waals surface area contributed by atoms with Crippen LogP contribution in [0.4, 0.5) is 0 Å². The highest BCUT2D eigenvalue weighted by Gasteiger charge is 2.31. The van der Waals surface area contributed by atoms with E-state index in [1.165, 1.54) is 23.8 Å². The normalized spacial score (nSPS) is 14.9. The summed E-state index contributed by atoms with van der Waals surface area (Å²) < 4.78 is 10.5. The third-order valence-electron chi connectivity index (χ3n) is 4.07. The van der Waals surface area contributed by atoms with Crippen LogP contribution in [0.25, 0.3) is 11.0 Å². The number of thioether (sulfide) groups is 1. The van der Waals surface area contributed by atoms with Crippen molar-refractivity contribution in [3.05, 3.63) is 29.5 Å². The van der Waals surface area contributed by atoms with E-state index in [4.69, 9.17) is 9.15 Å². The molecule has 0 aliphatic heterocycles. The molecule has 0 unspecified atom stereocenters. The van der Waals surface area contributed by atoms with Crippen LogP contribution < -0.4 is 0 Å². The van der Waals surface area contributed by atoms with Crippen LogP contribution in [-0.2, 0) is 22.4 Å². The Morgan fingerprint density at radius 2 is 2.09 bits per heavy atom. The Morgan fingerprint density at radius 3 is 2.86 bits per heavy atom. The Bertz CT molecular complexity index is 700. The third-order valence-corrected chi connectivity index (χ3v) is 5.23. The van der Waals surface area contributed by atoms with Gasteiger partial charge in [0.25, 0.3) is 0 Å². The van der Waals surface area contributed by atoms with Gasteiger partial charge in [0, 0.05) is 22.3 Å². The number of hydrogen-bond donors (Lipinski definition) is 0. The summed E-state index contributed by atoms with van der Waals surface area (Å²) in [5.74, 6) is 0.974. The fourth-order valence-electron chi connectivity index (χ4n) is 2.95. The number of aryl methyl sites for hydroxylation is 2. The molecule has 3 rings (SSSR count). The van der Waals surface area contributed by atoms with Gasteiger partial charge in [-0.2, -0.15) is 0 Å². The van der Waals surface area contributed by atoms with Gasteiger partial charge in [-0.05, 0) is 58.2 Å². The van der Waals surface area contributed by atoms with E-state index in [0.29, 0.717) is 6.61 Å². The Labute approximate surface area is 135 Å². The number of rotatable bonds is 4. The minimum atomic E-state index is -0.590. The van der Waals surface area contributed by atoms with Crippen molar-refractivity contribution in [1.82, 2.24) is 0 Å². The van der Waals surface area contributed by atoms with Crippen molar-refractivity contribution in [3.8, 4) is 0 Å². The highest BCUT2D eigenvalue weighted by molar-refractivity contribution is 8.01. The smallest absolute Gasteiger partial charge is 0.321 e. The van der Waals surface area contributed by atoms with Crippen LogP contribution in [0.3, 0.4) is 0 Å². The zero-order valence-electron chi connectivity index (χ0n) is 13.4. The Morgan fingerprint density at radius 1 is 1.32 bits per heavy atom. The number of benzene rings is 1. The van der Waals surface area contributed by atoms with Gasteiger partial charge >= 0.3 is 5.97 Å². The Hall–Kier alpha value is -1.42. The number of carbonyl (C=O) groups excluding carboxylic acids is 1. The van der Waals surface area contributed by atoms with Crippen LogP contribution >= 0.6 is 11.8 Å². The summed E-state index contributed by atoms with van der Waals surface area (Å²) in [5.41, 5.74) is 2.32. The topological polar surface area (TPSA) is 39.4 Å². The molecule has 0 saturated carbocycles. The molecule has 22 heavy (non-hydrogen) atoms. The summed E-state index contributed by atoms with van der Waals surface area (Å²) in [7, 11) is 0. The fraction of sp³-hybridized carbons (Fsp3) is 0.500. The van der Waals surface area contributed by atoms with Gasteiger partial charge in [-0.3, -0.25) is 4.79 Å². The zero-order valence-corrected chi connectivity index (χ0v) is 14.2. The molecule has 0 bridgehead atoms. The number of esters is 1. The maximum absolute atomic E-state index is 12.1. The molecule has 3 nitrogen and oxygen atoms in total. The lowest BCUT2D eigenvalue weighted by atomic mass is 9.96. The van der Waals surface area contributed by atoms with Gasteiger partial charge < -0.3 is 9.15 Å². The lowest BCUT2D eigenvalue weighted by Gasteiger charge is -2.21. The lowest BCUT2D eigenvalue weighted by molar-refractivity contribution is -0.145. The van der Waals surface area contributed by atoms with E-state index in [2.05, 4.69) is 6.07 Å². The van der Waals surface area contributed by atoms with Gasteiger partial charge in [-0.1, -0.05) is 0 Å². The first-order chi connectivity index (χ1) is 10.5. The molecule has 1 aliphatic carbocycles. The molecule has 0 saturated heterocycles. The largest absolute Gasteiger partial charge is 0.465 e. The second-order valence-electron chi connectivity index (χ2n) is 6.20. The maximum Gasteiger partial charge on any atom is 0.321 e. The molecular formula is C18H22O3S. The van der Waals surface area contributed by atoms with Gasteiger partial charge in [0.1, 0.15) is 16.1 Å². The number of carbonyl (C=O) groups is 1. The summed E-state index contributed by atoms with van der Waals surface area (Å²) in [5, 5.41) is 1.21. The SMILES string of the molecule is CCOC(=O)C(C)(C)Sc1ccc2oc3c(c2c1)CCCC3. The number of ether oxygens (including phenoxy) is 1. The van der Waals surface area contributed by atoms with Crippen molar-refractivity contribution in [2.75, 3.05) is 6.61 Å². The molecule has 0 spiro atoms. The predicted octanol–water partition coefficient (Wildman–Crippen LogP) is 4.75. The van der Waals surface area contributed by atoms with Gasteiger partial charge in [0.2, 0.25) is 0 Å². The minimum absolute atomic E-state index is 0.172. The molecule has 1 aliphatic rings. The van der Waals surface area contributed by atoms with Crippen LogP contribution in [0, 0.1) is 0 Å². The molecule has 1 aromatic heterocycles. The molecule has 0 N–H and O–H groups in total. The molecule has 1 aromatic carbocycles. The van der Waals surface area contributed by atoms with Crippen LogP contribution in [0.15, 0.2) is 27.5 Å². The quantitative estimate of drug-likeness (QED) is 0.602. The van der Waals surface area contributed by atoms with Crippen molar-refractivity contribution in [3.63, 3.8) is 0 Å². The zero-order chi connectivity index (χ0) is 15.7. The molecule has 118 valence electrons. The minimum Gasteiger partial charge on any atom is -0.465 e. The van der Waals surface area contributed by atoms with Crippen LogP contribution in [0.2, 0.25) is 0 Å². The van der Waals surface area contributed by atoms with Crippen molar-refractivity contribution < 1.29 is 13.9 Å². The molecular weight excluding hydrogens is 296 g/mol. The number of furan rings is 1. The molecule has 0 fully saturated rings. The van der Waals surface area contributed by atoms with Crippen molar-refractivity contribution >= 4 is 28.7 Å². The fourth-order valence-corrected chi connectivity index (χ4v) is 3.99. The van der Waals surface area contributed by atoms with E-state index in [0.717, 1.165) is 29.1 Å². The summed E-state index contributed by atoms with van der Waals surface area (Å²) in [6, 6.07) is 6.22. The summed E-state index contributed by atoms with van der Waals surface area (Å²) in [4.78, 5) is 13.1. The molecule has 0 amide bonds. The molecule has 0 atom stereocenters. The van der Waals surface area contributed by atoms with Crippen molar-refractivity contribution in [1.29, 1.82) is 0 Å². The van der Waals surface area contributed by atoms with E-state index in [1.807, 2.05) is 32.9 Å². The second-order valence-corrected chi connectivity index (χ2v) is 7.90. The lowest BCUT2D eigenvalue weighted by Crippen LogP contribution is -2.29. The monoisotopic (exact) mass is 318 g/mol. The highest BCUT2D eigenvalue weighted by atomic mass is 32.2. The van der Waals surface area contributed by atoms with E-state index >= 15 is 0 Å². The standard InChI is InChI=1S/C18H22O3S/c1-4-20-17(19)18(2,3)22-12-9-10-16-14(11-12)13-7-5-6-8-15(13)21-16/h9-11H,4-8H2,1-3H3. The Kier molecular flexibility index (Phi) is 4.22. The van der Waals surface area contributed by atoms with E-state index in [1.54, 1.807) is 11.8 Å². The molecule has 4 heteroatoms. The molecule has 0 radical (unpaired) electrons. The maximum atomic E-state index is 12.1. The number of hydrogen-bond acceptors (Lipinski definition) is 4. The highest BCUT2D eigenvalue weighted by Crippen LogP contribution is 2.38. The van der Waals surface area contributed by atoms with E-state index < -0.39 is 4.75 Å². The summed E-state index contributed by atoms with van der Waals surface area (Å²) in [6.07, 6.45) is 4.58. The van der Waals surface area contributed by atoms with Gasteiger partial charge in [-0.15, -0.1) is 11.8 Å². The van der Waals surface area contributed by atoms with Gasteiger partial charge in [0.05, 0.1) is 6.61 Å².